The molecule has 0 saturated carbocycles. The summed E-state index contributed by atoms with van der Waals surface area (Å²) in [6.07, 6.45) is 0. The number of nitrogens with zero attached hydrogens (tertiary/aromatic N) is 1. The van der Waals surface area contributed by atoms with Crippen LogP contribution in [-0.2, 0) is 0 Å². The Bertz CT molecular complexity index is 84.1. The molecule has 1 atom stereocenters. The first kappa shape index (κ1) is 13.5. The fourth-order valence-electron chi connectivity index (χ4n) is 0.632. The zero-order valence-electron chi connectivity index (χ0n) is 8.97. The topological polar surface area (TPSA) is 23.5 Å². The second kappa shape index (κ2) is 5.56. The largest absolute Gasteiger partial charge is 0.389 e. The van der Waals surface area contributed by atoms with Gasteiger partial charge in [-0.1, -0.05) is 13.8 Å². The van der Waals surface area contributed by atoms with E-state index in [1.807, 2.05) is 53.6 Å². The van der Waals surface area contributed by atoms with Crippen molar-refractivity contribution in [3.63, 3.8) is 0 Å². The third-order valence-electron chi connectivity index (χ3n) is 1.80. The lowest BCUT2D eigenvalue weighted by atomic mass is 10.0. The molecule has 0 bridgehead atoms. The molecule has 0 aromatic rings. The Hall–Kier alpha value is -0.0800. The van der Waals surface area contributed by atoms with Gasteiger partial charge in [-0.3, -0.25) is 0 Å². The highest BCUT2D eigenvalue weighted by Crippen LogP contribution is 2.11. The molecule has 70 valence electrons. The van der Waals surface area contributed by atoms with Crippen molar-refractivity contribution in [1.29, 1.82) is 0 Å². The molecule has 0 heterocycles. The summed E-state index contributed by atoms with van der Waals surface area (Å²) in [5.74, 6) is 0. The van der Waals surface area contributed by atoms with E-state index in [-0.39, 0.29) is 6.04 Å². The summed E-state index contributed by atoms with van der Waals surface area (Å²) in [6, 6.07) is 0.206. The van der Waals surface area contributed by atoms with Crippen molar-refractivity contribution in [3.05, 3.63) is 0 Å². The Kier molecular flexibility index (Phi) is 6.82. The van der Waals surface area contributed by atoms with Gasteiger partial charge >= 0.3 is 0 Å². The molecule has 0 aliphatic carbocycles. The molecule has 1 unspecified atom stereocenters. The molecule has 0 amide bonds. The highest BCUT2D eigenvalue weighted by molar-refractivity contribution is 4.78. The van der Waals surface area contributed by atoms with Gasteiger partial charge in [0.2, 0.25) is 0 Å². The fourth-order valence-corrected chi connectivity index (χ4v) is 0.632. The van der Waals surface area contributed by atoms with Crippen LogP contribution in [0.4, 0.5) is 0 Å². The molecule has 0 aliphatic rings. The maximum atomic E-state index is 9.41. The van der Waals surface area contributed by atoms with Crippen molar-refractivity contribution in [2.45, 2.75) is 46.3 Å². The first-order chi connectivity index (χ1) is 4.85. The molecule has 0 saturated heterocycles. The van der Waals surface area contributed by atoms with Crippen LogP contribution in [0.5, 0.6) is 0 Å². The number of hydrogen-bond donors (Lipinski definition) is 1. The zero-order valence-corrected chi connectivity index (χ0v) is 8.97. The van der Waals surface area contributed by atoms with Gasteiger partial charge in [0.25, 0.3) is 0 Å². The Morgan fingerprint density at radius 3 is 1.45 bits per heavy atom. The molecule has 0 aromatic heterocycles. The van der Waals surface area contributed by atoms with Crippen molar-refractivity contribution < 1.29 is 5.11 Å². The molecule has 2 nitrogen and oxygen atoms in total. The number of aliphatic hydroxyl groups is 1. The maximum absolute atomic E-state index is 9.41. The number of rotatable bonds is 2. The van der Waals surface area contributed by atoms with Gasteiger partial charge in [-0.15, -0.1) is 0 Å². The predicted molar refractivity (Wildman–Crippen MR) is 50.8 cm³/mol. The van der Waals surface area contributed by atoms with Crippen LogP contribution in [0.1, 0.15) is 34.6 Å². The Morgan fingerprint density at radius 2 is 1.45 bits per heavy atom. The third-order valence-corrected chi connectivity index (χ3v) is 1.80. The second-order valence-corrected chi connectivity index (χ2v) is 3.29. The average Bonchev–Trinajstić information content (AvgIpc) is 1.89. The summed E-state index contributed by atoms with van der Waals surface area (Å²) < 4.78 is 0. The summed E-state index contributed by atoms with van der Waals surface area (Å²) in [7, 11) is 3.92. The quantitative estimate of drug-likeness (QED) is 0.667. The molecule has 0 fully saturated rings. The van der Waals surface area contributed by atoms with Crippen molar-refractivity contribution in [2.24, 2.45) is 0 Å². The third kappa shape index (κ3) is 6.32. The Morgan fingerprint density at radius 1 is 1.18 bits per heavy atom. The van der Waals surface area contributed by atoms with E-state index in [2.05, 4.69) is 0 Å². The standard InChI is InChI=1S/C7H17NO.C2H6/c1-6(8(4)5)7(2,3)9;1-2/h6,9H,1-5H3;1-2H3. The minimum Gasteiger partial charge on any atom is -0.389 e. The summed E-state index contributed by atoms with van der Waals surface area (Å²) in [6.45, 7) is 9.63. The van der Waals surface area contributed by atoms with E-state index in [4.69, 9.17) is 0 Å². The van der Waals surface area contributed by atoms with E-state index in [0.717, 1.165) is 0 Å². The Balaban J connectivity index is 0. The van der Waals surface area contributed by atoms with Crippen LogP contribution in [0.25, 0.3) is 0 Å². The average molecular weight is 161 g/mol. The predicted octanol–water partition coefficient (Wildman–Crippen LogP) is 1.73. The van der Waals surface area contributed by atoms with Gasteiger partial charge in [-0.25, -0.2) is 0 Å². The number of hydrogen-bond acceptors (Lipinski definition) is 2. The van der Waals surface area contributed by atoms with E-state index in [0.29, 0.717) is 0 Å². The molecule has 0 aliphatic heterocycles. The summed E-state index contributed by atoms with van der Waals surface area (Å²) in [4.78, 5) is 2.00. The van der Waals surface area contributed by atoms with Crippen LogP contribution in [0, 0.1) is 0 Å². The van der Waals surface area contributed by atoms with Gasteiger partial charge in [0.05, 0.1) is 5.60 Å². The van der Waals surface area contributed by atoms with Gasteiger partial charge in [-0.05, 0) is 34.9 Å². The molecule has 0 rings (SSSR count). The first-order valence-electron chi connectivity index (χ1n) is 4.24. The molecule has 11 heavy (non-hydrogen) atoms. The van der Waals surface area contributed by atoms with Gasteiger partial charge in [0.1, 0.15) is 0 Å². The minimum absolute atomic E-state index is 0.206. The normalized spacial score (nSPS) is 13.9. The van der Waals surface area contributed by atoms with E-state index >= 15 is 0 Å². The summed E-state index contributed by atoms with van der Waals surface area (Å²) in [5, 5.41) is 9.41. The van der Waals surface area contributed by atoms with Gasteiger partial charge in [-0.2, -0.15) is 0 Å². The fraction of sp³-hybridized carbons (Fsp3) is 1.00. The summed E-state index contributed by atoms with van der Waals surface area (Å²) in [5.41, 5.74) is -0.594. The lowest BCUT2D eigenvalue weighted by Crippen LogP contribution is -2.43. The molecule has 0 radical (unpaired) electrons. The van der Waals surface area contributed by atoms with Gasteiger partial charge in [0.15, 0.2) is 0 Å². The molecular weight excluding hydrogens is 138 g/mol. The second-order valence-electron chi connectivity index (χ2n) is 3.29. The lowest BCUT2D eigenvalue weighted by Gasteiger charge is -2.31. The Labute approximate surface area is 71.2 Å². The lowest BCUT2D eigenvalue weighted by molar-refractivity contribution is 0.00646. The van der Waals surface area contributed by atoms with Crippen LogP contribution in [0.3, 0.4) is 0 Å². The summed E-state index contributed by atoms with van der Waals surface area (Å²) >= 11 is 0. The van der Waals surface area contributed by atoms with Crippen molar-refractivity contribution in [3.8, 4) is 0 Å². The maximum Gasteiger partial charge on any atom is 0.0743 e. The van der Waals surface area contributed by atoms with Crippen LogP contribution in [0.2, 0.25) is 0 Å². The smallest absolute Gasteiger partial charge is 0.0743 e. The first-order valence-corrected chi connectivity index (χ1v) is 4.24. The minimum atomic E-state index is -0.594. The molecule has 1 N–H and O–H groups in total. The highest BCUT2D eigenvalue weighted by Gasteiger charge is 2.23. The van der Waals surface area contributed by atoms with Gasteiger partial charge < -0.3 is 10.0 Å². The van der Waals surface area contributed by atoms with Crippen molar-refractivity contribution in [2.75, 3.05) is 14.1 Å². The van der Waals surface area contributed by atoms with E-state index in [9.17, 15) is 5.11 Å². The van der Waals surface area contributed by atoms with Crippen molar-refractivity contribution >= 4 is 0 Å². The van der Waals surface area contributed by atoms with E-state index in [1.165, 1.54) is 0 Å². The van der Waals surface area contributed by atoms with Crippen LogP contribution in [-0.4, -0.2) is 35.7 Å². The SMILES string of the molecule is CC.CC(N(C)C)C(C)(C)O. The molecular formula is C9H23NO. The van der Waals surface area contributed by atoms with Gasteiger partial charge in [0, 0.05) is 6.04 Å². The van der Waals surface area contributed by atoms with Crippen LogP contribution < -0.4 is 0 Å². The van der Waals surface area contributed by atoms with E-state index in [1.54, 1.807) is 0 Å². The number of likely N-dealkylation sites (N-methyl/N-ethyl adjacent to an activating group) is 1. The molecule has 0 aromatic carbocycles. The van der Waals surface area contributed by atoms with Crippen LogP contribution in [0.15, 0.2) is 0 Å². The molecule has 2 heteroatoms. The van der Waals surface area contributed by atoms with Crippen molar-refractivity contribution in [1.82, 2.24) is 4.90 Å². The van der Waals surface area contributed by atoms with Crippen LogP contribution >= 0.6 is 0 Å². The zero-order chi connectivity index (χ0) is 9.65. The monoisotopic (exact) mass is 161 g/mol. The van der Waals surface area contributed by atoms with E-state index < -0.39 is 5.60 Å². The highest BCUT2D eigenvalue weighted by atomic mass is 16.3. The molecule has 0 spiro atoms.